The van der Waals surface area contributed by atoms with Crippen molar-refractivity contribution in [2.45, 2.75) is 31.4 Å². The summed E-state index contributed by atoms with van der Waals surface area (Å²) in [5.74, 6) is 0.769. The molecular formula is C19H27N3O3. The van der Waals surface area contributed by atoms with Crippen molar-refractivity contribution < 1.29 is 14.3 Å². The van der Waals surface area contributed by atoms with Crippen molar-refractivity contribution in [1.29, 1.82) is 0 Å². The number of likely N-dealkylation sites (tertiary alicyclic amines) is 1. The number of hydrogen-bond acceptors (Lipinski definition) is 5. The first-order valence-electron chi connectivity index (χ1n) is 9.33. The number of carbonyl (C=O) groups is 1. The van der Waals surface area contributed by atoms with E-state index in [1.807, 2.05) is 23.2 Å². The van der Waals surface area contributed by atoms with Gasteiger partial charge in [0.25, 0.3) is 0 Å². The van der Waals surface area contributed by atoms with Gasteiger partial charge in [0.15, 0.2) is 0 Å². The summed E-state index contributed by atoms with van der Waals surface area (Å²) in [6.45, 7) is 6.58. The maximum Gasteiger partial charge on any atom is 0.248 e. The first-order chi connectivity index (χ1) is 12.2. The molecule has 6 heteroatoms. The fraction of sp³-hybridized carbons (Fsp3) is 0.684. The van der Waals surface area contributed by atoms with Gasteiger partial charge in [0.05, 0.1) is 18.8 Å². The third-order valence-corrected chi connectivity index (χ3v) is 5.74. The number of morpholine rings is 1. The molecule has 3 aliphatic heterocycles. The van der Waals surface area contributed by atoms with E-state index in [-0.39, 0.29) is 18.1 Å². The van der Waals surface area contributed by atoms with Crippen molar-refractivity contribution in [3.8, 4) is 0 Å². The summed E-state index contributed by atoms with van der Waals surface area (Å²) in [5.41, 5.74) is 0.908. The second-order valence-corrected chi connectivity index (χ2v) is 7.61. The maximum atomic E-state index is 12.3. The molecule has 3 fully saturated rings. The average molecular weight is 345 g/mol. The fourth-order valence-corrected chi connectivity index (χ4v) is 4.18. The van der Waals surface area contributed by atoms with Crippen LogP contribution in [0.15, 0.2) is 24.5 Å². The molecule has 0 N–H and O–H groups in total. The largest absolute Gasteiger partial charge is 0.381 e. The predicted octanol–water partition coefficient (Wildman–Crippen LogP) is 1.31. The fourth-order valence-electron chi connectivity index (χ4n) is 4.18. The van der Waals surface area contributed by atoms with Crippen LogP contribution < -0.4 is 0 Å². The lowest BCUT2D eigenvalue weighted by Gasteiger charge is -2.47. The van der Waals surface area contributed by atoms with E-state index in [1.54, 1.807) is 6.20 Å². The molecule has 136 valence electrons. The van der Waals surface area contributed by atoms with Gasteiger partial charge < -0.3 is 19.3 Å². The van der Waals surface area contributed by atoms with E-state index in [1.165, 1.54) is 6.42 Å². The van der Waals surface area contributed by atoms with E-state index in [0.29, 0.717) is 19.0 Å². The summed E-state index contributed by atoms with van der Waals surface area (Å²) in [6.07, 6.45) is 6.78. The Kier molecular flexibility index (Phi) is 5.01. The van der Waals surface area contributed by atoms with Crippen LogP contribution in [0.5, 0.6) is 0 Å². The molecule has 3 saturated heterocycles. The van der Waals surface area contributed by atoms with Crippen molar-refractivity contribution in [3.05, 3.63) is 30.1 Å². The number of pyridine rings is 1. The summed E-state index contributed by atoms with van der Waals surface area (Å²) in [7, 11) is 0. The zero-order chi connectivity index (χ0) is 17.1. The quantitative estimate of drug-likeness (QED) is 0.824. The highest BCUT2D eigenvalue weighted by Gasteiger charge is 2.42. The van der Waals surface area contributed by atoms with Gasteiger partial charge in [-0.3, -0.25) is 9.78 Å². The second kappa shape index (κ2) is 7.40. The van der Waals surface area contributed by atoms with Gasteiger partial charge in [-0.2, -0.15) is 0 Å². The molecule has 3 aliphatic rings. The summed E-state index contributed by atoms with van der Waals surface area (Å²) < 4.78 is 11.5. The van der Waals surface area contributed by atoms with Crippen LogP contribution in [-0.2, 0) is 20.8 Å². The number of nitrogens with zero attached hydrogens (tertiary/aromatic N) is 3. The molecule has 0 aromatic carbocycles. The molecule has 4 heterocycles. The van der Waals surface area contributed by atoms with E-state index >= 15 is 0 Å². The van der Waals surface area contributed by atoms with Gasteiger partial charge in [-0.1, -0.05) is 6.07 Å². The standard InChI is InChI=1S/C19H27N3O3/c23-18-14-25-19(15-22(18)12-16-2-1-6-20-10-16)4-7-21(8-5-19)11-17-3-9-24-13-17/h1-2,6,10,17H,3-5,7-9,11-15H2. The Hall–Kier alpha value is -1.50. The Morgan fingerprint density at radius 3 is 2.92 bits per heavy atom. The van der Waals surface area contributed by atoms with Crippen molar-refractivity contribution in [2.75, 3.05) is 46.0 Å². The second-order valence-electron chi connectivity index (χ2n) is 7.61. The summed E-state index contributed by atoms with van der Waals surface area (Å²) in [4.78, 5) is 20.9. The smallest absolute Gasteiger partial charge is 0.248 e. The third kappa shape index (κ3) is 4.02. The van der Waals surface area contributed by atoms with Crippen LogP contribution in [0.1, 0.15) is 24.8 Å². The van der Waals surface area contributed by atoms with Gasteiger partial charge in [0, 0.05) is 45.2 Å². The lowest BCUT2D eigenvalue weighted by Crippen LogP contribution is -2.58. The van der Waals surface area contributed by atoms with Crippen LogP contribution in [-0.4, -0.2) is 72.3 Å². The third-order valence-electron chi connectivity index (χ3n) is 5.74. The normalized spacial score (nSPS) is 27.1. The molecule has 1 unspecified atom stereocenters. The molecule has 1 spiro atoms. The van der Waals surface area contributed by atoms with Crippen molar-refractivity contribution in [2.24, 2.45) is 5.92 Å². The van der Waals surface area contributed by atoms with Gasteiger partial charge in [0.1, 0.15) is 6.61 Å². The molecule has 1 aromatic rings. The Balaban J connectivity index is 1.33. The number of rotatable bonds is 4. The van der Waals surface area contributed by atoms with Crippen molar-refractivity contribution in [3.63, 3.8) is 0 Å². The first kappa shape index (κ1) is 16.9. The lowest BCUT2D eigenvalue weighted by molar-refractivity contribution is -0.172. The van der Waals surface area contributed by atoms with E-state index in [2.05, 4.69) is 9.88 Å². The van der Waals surface area contributed by atoms with E-state index in [4.69, 9.17) is 9.47 Å². The van der Waals surface area contributed by atoms with Gasteiger partial charge >= 0.3 is 0 Å². The molecule has 1 atom stereocenters. The Morgan fingerprint density at radius 1 is 1.32 bits per heavy atom. The van der Waals surface area contributed by atoms with Gasteiger partial charge in [-0.25, -0.2) is 0 Å². The average Bonchev–Trinajstić information content (AvgIpc) is 3.15. The molecule has 0 bridgehead atoms. The van der Waals surface area contributed by atoms with Crippen LogP contribution in [0.4, 0.5) is 0 Å². The van der Waals surface area contributed by atoms with E-state index in [9.17, 15) is 4.79 Å². The molecule has 0 saturated carbocycles. The highest BCUT2D eigenvalue weighted by Crippen LogP contribution is 2.31. The Morgan fingerprint density at radius 2 is 2.20 bits per heavy atom. The van der Waals surface area contributed by atoms with Crippen molar-refractivity contribution >= 4 is 5.91 Å². The molecular weight excluding hydrogens is 318 g/mol. The van der Waals surface area contributed by atoms with Crippen LogP contribution in [0.3, 0.4) is 0 Å². The van der Waals surface area contributed by atoms with E-state index < -0.39 is 0 Å². The zero-order valence-electron chi connectivity index (χ0n) is 14.7. The molecule has 0 aliphatic carbocycles. The minimum absolute atomic E-state index is 0.0833. The predicted molar refractivity (Wildman–Crippen MR) is 92.9 cm³/mol. The number of aromatic nitrogens is 1. The SMILES string of the molecule is O=C1COC2(CCN(CC3CCOC3)CC2)CN1Cc1cccnc1. The molecule has 6 nitrogen and oxygen atoms in total. The lowest BCUT2D eigenvalue weighted by atomic mass is 9.88. The maximum absolute atomic E-state index is 12.3. The minimum atomic E-state index is -0.168. The molecule has 1 amide bonds. The van der Waals surface area contributed by atoms with Crippen LogP contribution >= 0.6 is 0 Å². The highest BCUT2D eigenvalue weighted by atomic mass is 16.5. The van der Waals surface area contributed by atoms with Gasteiger partial charge in [-0.15, -0.1) is 0 Å². The Bertz CT molecular complexity index is 581. The minimum Gasteiger partial charge on any atom is -0.381 e. The monoisotopic (exact) mass is 345 g/mol. The van der Waals surface area contributed by atoms with Crippen LogP contribution in [0.25, 0.3) is 0 Å². The molecule has 25 heavy (non-hydrogen) atoms. The van der Waals surface area contributed by atoms with Gasteiger partial charge in [0.2, 0.25) is 5.91 Å². The molecule has 0 radical (unpaired) electrons. The number of carbonyl (C=O) groups excluding carboxylic acids is 1. The van der Waals surface area contributed by atoms with Gasteiger partial charge in [-0.05, 0) is 36.8 Å². The van der Waals surface area contributed by atoms with E-state index in [0.717, 1.165) is 51.3 Å². The van der Waals surface area contributed by atoms with Crippen LogP contribution in [0.2, 0.25) is 0 Å². The number of hydrogen-bond donors (Lipinski definition) is 0. The first-order valence-corrected chi connectivity index (χ1v) is 9.33. The summed E-state index contributed by atoms with van der Waals surface area (Å²) in [5, 5.41) is 0. The topological polar surface area (TPSA) is 54.9 Å². The van der Waals surface area contributed by atoms with Crippen LogP contribution in [0, 0.1) is 5.92 Å². The number of ether oxygens (including phenoxy) is 2. The number of piperidine rings is 1. The summed E-state index contributed by atoms with van der Waals surface area (Å²) in [6, 6.07) is 3.94. The highest BCUT2D eigenvalue weighted by molar-refractivity contribution is 5.78. The zero-order valence-corrected chi connectivity index (χ0v) is 14.7. The Labute approximate surface area is 149 Å². The molecule has 4 rings (SSSR count). The summed E-state index contributed by atoms with van der Waals surface area (Å²) >= 11 is 0. The molecule has 1 aromatic heterocycles. The van der Waals surface area contributed by atoms with Crippen molar-refractivity contribution in [1.82, 2.24) is 14.8 Å². The number of amides is 1.